The molecule has 0 aliphatic carbocycles. The van der Waals surface area contributed by atoms with Gasteiger partial charge in [0.1, 0.15) is 0 Å². The molecule has 0 aliphatic heterocycles. The molecule has 1 unspecified atom stereocenters. The van der Waals surface area contributed by atoms with Crippen LogP contribution < -0.4 is 5.73 Å². The highest BCUT2D eigenvalue weighted by Gasteiger charge is 2.23. The van der Waals surface area contributed by atoms with E-state index in [9.17, 15) is 5.11 Å². The second-order valence-electron chi connectivity index (χ2n) is 3.65. The van der Waals surface area contributed by atoms with Crippen molar-refractivity contribution in [3.63, 3.8) is 0 Å². The van der Waals surface area contributed by atoms with Gasteiger partial charge in [0.25, 0.3) is 0 Å². The Labute approximate surface area is 89.5 Å². The van der Waals surface area contributed by atoms with Crippen LogP contribution in [-0.2, 0) is 5.41 Å². The van der Waals surface area contributed by atoms with Crippen LogP contribution in [0.5, 0.6) is 0 Å². The first kappa shape index (κ1) is 11.6. The minimum atomic E-state index is -0.314. The molecule has 1 atom stereocenters. The van der Waals surface area contributed by atoms with Crippen molar-refractivity contribution in [3.05, 3.63) is 29.8 Å². The van der Waals surface area contributed by atoms with Gasteiger partial charge in [0.2, 0.25) is 0 Å². The molecule has 0 saturated carbocycles. The highest BCUT2D eigenvalue weighted by atomic mass is 32.2. The standard InChI is InChI=1S/C11H17NOS/c1-11(7-12,8-13)9-4-3-5-10(6-9)14-2/h3-6,13H,7-8,12H2,1-2H3. The first-order valence-electron chi connectivity index (χ1n) is 4.62. The van der Waals surface area contributed by atoms with Crippen LogP contribution >= 0.6 is 11.8 Å². The lowest BCUT2D eigenvalue weighted by Gasteiger charge is -2.26. The van der Waals surface area contributed by atoms with Gasteiger partial charge >= 0.3 is 0 Å². The molecule has 0 radical (unpaired) electrons. The molecule has 2 nitrogen and oxygen atoms in total. The van der Waals surface area contributed by atoms with Gasteiger partial charge in [0, 0.05) is 16.9 Å². The van der Waals surface area contributed by atoms with Gasteiger partial charge < -0.3 is 10.8 Å². The SMILES string of the molecule is CSc1cccc(C(C)(CN)CO)c1. The fourth-order valence-corrected chi connectivity index (χ4v) is 1.73. The molecule has 0 amide bonds. The maximum atomic E-state index is 9.32. The molecule has 0 aromatic heterocycles. The summed E-state index contributed by atoms with van der Waals surface area (Å²) >= 11 is 1.70. The van der Waals surface area contributed by atoms with Crippen LogP contribution in [0.25, 0.3) is 0 Å². The van der Waals surface area contributed by atoms with Gasteiger partial charge in [-0.25, -0.2) is 0 Å². The summed E-state index contributed by atoms with van der Waals surface area (Å²) in [5, 5.41) is 9.32. The average Bonchev–Trinajstić information content (AvgIpc) is 2.28. The van der Waals surface area contributed by atoms with E-state index in [2.05, 4.69) is 12.1 Å². The van der Waals surface area contributed by atoms with Crippen molar-refractivity contribution in [2.24, 2.45) is 5.73 Å². The zero-order valence-corrected chi connectivity index (χ0v) is 9.47. The number of rotatable bonds is 4. The molecule has 0 heterocycles. The van der Waals surface area contributed by atoms with Gasteiger partial charge in [0.15, 0.2) is 0 Å². The third-order valence-electron chi connectivity index (χ3n) is 2.57. The van der Waals surface area contributed by atoms with Crippen molar-refractivity contribution >= 4 is 11.8 Å². The summed E-state index contributed by atoms with van der Waals surface area (Å²) in [5.41, 5.74) is 6.47. The normalized spacial score (nSPS) is 15.1. The molecular formula is C11H17NOS. The zero-order valence-electron chi connectivity index (χ0n) is 8.66. The number of hydrogen-bond acceptors (Lipinski definition) is 3. The fourth-order valence-electron chi connectivity index (χ4n) is 1.27. The Balaban J connectivity index is 3.04. The number of hydrogen-bond donors (Lipinski definition) is 2. The molecule has 3 heteroatoms. The van der Waals surface area contributed by atoms with Gasteiger partial charge in [-0.05, 0) is 24.0 Å². The topological polar surface area (TPSA) is 46.2 Å². The van der Waals surface area contributed by atoms with E-state index in [0.29, 0.717) is 6.54 Å². The highest BCUT2D eigenvalue weighted by molar-refractivity contribution is 7.98. The van der Waals surface area contributed by atoms with Gasteiger partial charge in [-0.3, -0.25) is 0 Å². The van der Waals surface area contributed by atoms with E-state index in [4.69, 9.17) is 5.73 Å². The number of benzene rings is 1. The predicted octanol–water partition coefficient (Wildman–Crippen LogP) is 1.62. The summed E-state index contributed by atoms with van der Waals surface area (Å²) in [6, 6.07) is 8.17. The fraction of sp³-hybridized carbons (Fsp3) is 0.455. The Kier molecular flexibility index (Phi) is 3.98. The summed E-state index contributed by atoms with van der Waals surface area (Å²) in [6.07, 6.45) is 2.04. The lowest BCUT2D eigenvalue weighted by Crippen LogP contribution is -2.35. The Morgan fingerprint density at radius 3 is 2.71 bits per heavy atom. The average molecular weight is 211 g/mol. The van der Waals surface area contributed by atoms with E-state index in [1.54, 1.807) is 11.8 Å². The highest BCUT2D eigenvalue weighted by Crippen LogP contribution is 2.25. The van der Waals surface area contributed by atoms with Crippen LogP contribution in [0.2, 0.25) is 0 Å². The summed E-state index contributed by atoms with van der Waals surface area (Å²) < 4.78 is 0. The molecule has 0 fully saturated rings. The lowest BCUT2D eigenvalue weighted by atomic mass is 9.83. The third kappa shape index (κ3) is 2.29. The molecule has 1 rings (SSSR count). The molecular weight excluding hydrogens is 194 g/mol. The minimum absolute atomic E-state index is 0.0847. The second kappa shape index (κ2) is 4.82. The van der Waals surface area contributed by atoms with Crippen molar-refractivity contribution in [1.82, 2.24) is 0 Å². The van der Waals surface area contributed by atoms with Crippen molar-refractivity contribution < 1.29 is 5.11 Å². The maximum Gasteiger partial charge on any atom is 0.0537 e. The third-order valence-corrected chi connectivity index (χ3v) is 3.29. The van der Waals surface area contributed by atoms with Crippen LogP contribution in [0.4, 0.5) is 0 Å². The van der Waals surface area contributed by atoms with Crippen molar-refractivity contribution in [1.29, 1.82) is 0 Å². The molecule has 0 bridgehead atoms. The first-order chi connectivity index (χ1) is 6.66. The van der Waals surface area contributed by atoms with Crippen molar-refractivity contribution in [2.45, 2.75) is 17.2 Å². The molecule has 1 aromatic rings. The second-order valence-corrected chi connectivity index (χ2v) is 4.53. The number of aliphatic hydroxyl groups excluding tert-OH is 1. The first-order valence-corrected chi connectivity index (χ1v) is 5.84. The smallest absolute Gasteiger partial charge is 0.0537 e. The van der Waals surface area contributed by atoms with Crippen LogP contribution in [0.15, 0.2) is 29.2 Å². The van der Waals surface area contributed by atoms with Crippen molar-refractivity contribution in [2.75, 3.05) is 19.4 Å². The van der Waals surface area contributed by atoms with Gasteiger partial charge in [-0.1, -0.05) is 19.1 Å². The number of thioether (sulfide) groups is 1. The summed E-state index contributed by atoms with van der Waals surface area (Å²) in [5.74, 6) is 0. The van der Waals surface area contributed by atoms with Crippen LogP contribution in [0.3, 0.4) is 0 Å². The largest absolute Gasteiger partial charge is 0.395 e. The van der Waals surface area contributed by atoms with Crippen LogP contribution in [-0.4, -0.2) is 24.5 Å². The molecule has 14 heavy (non-hydrogen) atoms. The molecule has 3 N–H and O–H groups in total. The van der Waals surface area contributed by atoms with Gasteiger partial charge in [0.05, 0.1) is 6.61 Å². The van der Waals surface area contributed by atoms with Crippen LogP contribution in [0.1, 0.15) is 12.5 Å². The summed E-state index contributed by atoms with van der Waals surface area (Å²) in [4.78, 5) is 1.20. The quantitative estimate of drug-likeness (QED) is 0.744. The lowest BCUT2D eigenvalue weighted by molar-refractivity contribution is 0.210. The summed E-state index contributed by atoms with van der Waals surface area (Å²) in [6.45, 7) is 2.52. The molecule has 1 aromatic carbocycles. The van der Waals surface area contributed by atoms with E-state index in [1.807, 2.05) is 25.3 Å². The van der Waals surface area contributed by atoms with E-state index < -0.39 is 0 Å². The Bertz CT molecular complexity index is 297. The van der Waals surface area contributed by atoms with Gasteiger partial charge in [-0.2, -0.15) is 0 Å². The van der Waals surface area contributed by atoms with E-state index in [-0.39, 0.29) is 12.0 Å². The zero-order chi connectivity index (χ0) is 10.6. The minimum Gasteiger partial charge on any atom is -0.395 e. The Morgan fingerprint density at radius 2 is 2.21 bits per heavy atom. The maximum absolute atomic E-state index is 9.32. The van der Waals surface area contributed by atoms with E-state index in [1.165, 1.54) is 4.90 Å². The predicted molar refractivity (Wildman–Crippen MR) is 61.7 cm³/mol. The molecule has 0 saturated heterocycles. The molecule has 0 spiro atoms. The Morgan fingerprint density at radius 1 is 1.50 bits per heavy atom. The monoisotopic (exact) mass is 211 g/mol. The summed E-state index contributed by atoms with van der Waals surface area (Å²) in [7, 11) is 0. The molecule has 0 aliphatic rings. The Hall–Kier alpha value is -0.510. The number of nitrogens with two attached hydrogens (primary N) is 1. The number of aliphatic hydroxyl groups is 1. The van der Waals surface area contributed by atoms with Crippen molar-refractivity contribution in [3.8, 4) is 0 Å². The molecule has 78 valence electrons. The van der Waals surface area contributed by atoms with E-state index >= 15 is 0 Å². The van der Waals surface area contributed by atoms with Gasteiger partial charge in [-0.15, -0.1) is 11.8 Å². The van der Waals surface area contributed by atoms with E-state index in [0.717, 1.165) is 5.56 Å². The van der Waals surface area contributed by atoms with Crippen LogP contribution in [0, 0.1) is 0 Å².